The number of rotatable bonds is 6. The van der Waals surface area contributed by atoms with Crippen LogP contribution >= 0.6 is 0 Å². The van der Waals surface area contributed by atoms with Crippen molar-refractivity contribution < 1.29 is 18.3 Å². The highest BCUT2D eigenvalue weighted by Gasteiger charge is 2.26. The summed E-state index contributed by atoms with van der Waals surface area (Å²) in [5.41, 5.74) is 5.61. The van der Waals surface area contributed by atoms with Gasteiger partial charge in [-0.25, -0.2) is 23.7 Å². The van der Waals surface area contributed by atoms with Crippen molar-refractivity contribution in [3.05, 3.63) is 85.0 Å². The zero-order valence-electron chi connectivity index (χ0n) is 20.7. The molecule has 1 amide bonds. The summed E-state index contributed by atoms with van der Waals surface area (Å²) < 4.78 is 33.9. The summed E-state index contributed by atoms with van der Waals surface area (Å²) >= 11 is 0. The fourth-order valence-electron chi connectivity index (χ4n) is 4.72. The predicted octanol–water partition coefficient (Wildman–Crippen LogP) is 5.87. The Labute approximate surface area is 221 Å². The second-order valence-corrected chi connectivity index (χ2v) is 8.81. The number of hydrogen-bond donors (Lipinski definition) is 2. The van der Waals surface area contributed by atoms with Crippen molar-refractivity contribution in [1.29, 1.82) is 0 Å². The summed E-state index contributed by atoms with van der Waals surface area (Å²) in [7, 11) is 1.94. The third kappa shape index (κ3) is 4.33. The van der Waals surface area contributed by atoms with E-state index < -0.39 is 12.1 Å². The molecule has 194 valence electrons. The number of benzene rings is 2. The first-order valence-electron chi connectivity index (χ1n) is 12.0. The summed E-state index contributed by atoms with van der Waals surface area (Å²) in [6.07, 6.45) is 1.25. The van der Waals surface area contributed by atoms with E-state index in [1.807, 2.05) is 48.0 Å². The molecule has 0 bridgehead atoms. The van der Waals surface area contributed by atoms with Crippen molar-refractivity contribution in [3.63, 3.8) is 0 Å². The lowest BCUT2D eigenvalue weighted by Gasteiger charge is -2.14. The van der Waals surface area contributed by atoms with Crippen LogP contribution in [0.5, 0.6) is 11.8 Å². The molecule has 6 rings (SSSR count). The van der Waals surface area contributed by atoms with E-state index in [1.54, 1.807) is 6.07 Å². The topological polar surface area (TPSA) is 107 Å². The zero-order valence-corrected chi connectivity index (χ0v) is 20.7. The molecular weight excluding hydrogens is 504 g/mol. The summed E-state index contributed by atoms with van der Waals surface area (Å²) in [5, 5.41) is 7.02. The van der Waals surface area contributed by atoms with Gasteiger partial charge in [0.2, 0.25) is 5.91 Å². The van der Waals surface area contributed by atoms with Crippen LogP contribution in [-0.2, 0) is 18.4 Å². The van der Waals surface area contributed by atoms with E-state index in [2.05, 4.69) is 37.1 Å². The van der Waals surface area contributed by atoms with Crippen LogP contribution in [0, 0.1) is 0 Å². The molecule has 5 aromatic rings. The molecule has 1 aliphatic rings. The van der Waals surface area contributed by atoms with Crippen LogP contribution in [0.4, 0.5) is 20.3 Å². The second-order valence-electron chi connectivity index (χ2n) is 8.81. The largest absolute Gasteiger partial charge is 0.424 e. The zero-order chi connectivity index (χ0) is 27.1. The van der Waals surface area contributed by atoms with Gasteiger partial charge in [0.25, 0.3) is 6.43 Å². The molecule has 0 radical (unpaired) electrons. The minimum Gasteiger partial charge on any atom is -0.424 e. The van der Waals surface area contributed by atoms with Crippen LogP contribution in [0.25, 0.3) is 33.4 Å². The van der Waals surface area contributed by atoms with Crippen LogP contribution in [0.15, 0.2) is 73.7 Å². The Hall–Kier alpha value is -5.19. The standard InChI is InChI=1S/C28H21F2N7O2/c1-3-21(38)35-17-6-4-15(5-7-17)24-22-19-9-8-18(39-28-31-11-10-20(36-28)25(29)30)12-16(19)13-32-26-23(22)27(37(24)2)34-14-33-26/h3-12,14,25H,1,13H2,2H3,(H,35,38)(H,32,33,34). The molecule has 0 atom stereocenters. The first kappa shape index (κ1) is 24.2. The third-order valence-electron chi connectivity index (χ3n) is 6.46. The molecule has 11 heteroatoms. The van der Waals surface area contributed by atoms with Crippen molar-refractivity contribution in [2.45, 2.75) is 13.0 Å². The second kappa shape index (κ2) is 9.60. The number of hydrogen-bond acceptors (Lipinski definition) is 7. The van der Waals surface area contributed by atoms with Crippen molar-refractivity contribution in [2.24, 2.45) is 7.05 Å². The van der Waals surface area contributed by atoms with Crippen molar-refractivity contribution in [2.75, 3.05) is 10.6 Å². The first-order chi connectivity index (χ1) is 18.9. The van der Waals surface area contributed by atoms with Gasteiger partial charge in [-0.3, -0.25) is 4.79 Å². The molecule has 2 aromatic carbocycles. The van der Waals surface area contributed by atoms with Crippen LogP contribution in [-0.4, -0.2) is 30.4 Å². The summed E-state index contributed by atoms with van der Waals surface area (Å²) in [6.45, 7) is 3.93. The van der Waals surface area contributed by atoms with Crippen LogP contribution < -0.4 is 15.4 Å². The number of carbonyl (C=O) groups is 1. The van der Waals surface area contributed by atoms with Gasteiger partial charge < -0.3 is 19.9 Å². The van der Waals surface area contributed by atoms with E-state index in [9.17, 15) is 13.6 Å². The van der Waals surface area contributed by atoms with Crippen LogP contribution in [0.1, 0.15) is 17.7 Å². The fraction of sp³-hybridized carbons (Fsp3) is 0.107. The maximum absolute atomic E-state index is 13.1. The Balaban J connectivity index is 1.45. The SMILES string of the molecule is C=CC(=O)Nc1ccc(-c2c3c4c(ncnc4n2C)NCc2cc(Oc4nccc(C(F)F)n4)ccc2-3)cc1. The van der Waals surface area contributed by atoms with Gasteiger partial charge in [0.1, 0.15) is 29.2 Å². The molecular formula is C28H21F2N7O2. The number of amides is 1. The molecule has 0 unspecified atom stereocenters. The number of ether oxygens (including phenoxy) is 1. The molecule has 4 heterocycles. The molecule has 9 nitrogen and oxygen atoms in total. The predicted molar refractivity (Wildman–Crippen MR) is 143 cm³/mol. The number of aromatic nitrogens is 5. The summed E-state index contributed by atoms with van der Waals surface area (Å²) in [6, 6.07) is 14.0. The van der Waals surface area contributed by atoms with Crippen LogP contribution in [0.3, 0.4) is 0 Å². The quantitative estimate of drug-likeness (QED) is 0.267. The molecule has 0 fully saturated rings. The highest BCUT2D eigenvalue weighted by molar-refractivity contribution is 6.09. The maximum Gasteiger partial charge on any atom is 0.322 e. The van der Waals surface area contributed by atoms with E-state index in [0.29, 0.717) is 23.8 Å². The molecule has 0 saturated carbocycles. The minimum absolute atomic E-state index is 0.157. The maximum atomic E-state index is 13.1. The molecule has 0 spiro atoms. The Bertz CT molecular complexity index is 1750. The van der Waals surface area contributed by atoms with Crippen molar-refractivity contribution >= 4 is 28.4 Å². The minimum atomic E-state index is -2.72. The number of nitrogens with one attached hydrogen (secondary N) is 2. The third-order valence-corrected chi connectivity index (χ3v) is 6.46. The van der Waals surface area contributed by atoms with Gasteiger partial charge in [0.15, 0.2) is 0 Å². The lowest BCUT2D eigenvalue weighted by Crippen LogP contribution is -2.07. The van der Waals surface area contributed by atoms with Gasteiger partial charge in [-0.2, -0.15) is 4.98 Å². The molecule has 39 heavy (non-hydrogen) atoms. The van der Waals surface area contributed by atoms with Crippen molar-refractivity contribution in [3.8, 4) is 34.1 Å². The fourth-order valence-corrected chi connectivity index (χ4v) is 4.72. The Morgan fingerprint density at radius 3 is 2.74 bits per heavy atom. The molecule has 3 aromatic heterocycles. The number of anilines is 2. The van der Waals surface area contributed by atoms with Gasteiger partial charge >= 0.3 is 6.01 Å². The number of fused-ring (bicyclic) bond motifs is 2. The van der Waals surface area contributed by atoms with Gasteiger partial charge in [0.05, 0.1) is 11.1 Å². The van der Waals surface area contributed by atoms with Crippen molar-refractivity contribution in [1.82, 2.24) is 24.5 Å². The van der Waals surface area contributed by atoms with Crippen LogP contribution in [0.2, 0.25) is 0 Å². The lowest BCUT2D eigenvalue weighted by molar-refractivity contribution is -0.111. The number of carbonyl (C=O) groups excluding carboxylic acids is 1. The average molecular weight is 526 g/mol. The van der Waals surface area contributed by atoms with Gasteiger partial charge in [-0.1, -0.05) is 24.8 Å². The van der Waals surface area contributed by atoms with Gasteiger partial charge in [-0.15, -0.1) is 0 Å². The Kier molecular flexibility index (Phi) is 5.95. The molecule has 0 saturated heterocycles. The lowest BCUT2D eigenvalue weighted by atomic mass is 9.95. The normalized spacial score (nSPS) is 12.0. The molecule has 2 N–H and O–H groups in total. The van der Waals surface area contributed by atoms with E-state index in [4.69, 9.17) is 4.74 Å². The number of halogens is 2. The highest BCUT2D eigenvalue weighted by atomic mass is 19.3. The first-order valence-corrected chi connectivity index (χ1v) is 12.0. The number of aryl methyl sites for hydroxylation is 1. The number of nitrogens with zero attached hydrogens (tertiary/aromatic N) is 5. The number of alkyl halides is 2. The molecule has 0 aliphatic carbocycles. The van der Waals surface area contributed by atoms with E-state index in [-0.39, 0.29) is 11.9 Å². The smallest absolute Gasteiger partial charge is 0.322 e. The monoisotopic (exact) mass is 525 g/mol. The Morgan fingerprint density at radius 1 is 1.15 bits per heavy atom. The summed E-state index contributed by atoms with van der Waals surface area (Å²) in [4.78, 5) is 28.5. The van der Waals surface area contributed by atoms with Gasteiger partial charge in [-0.05, 0) is 53.1 Å². The summed E-state index contributed by atoms with van der Waals surface area (Å²) in [5.74, 6) is 0.816. The van der Waals surface area contributed by atoms with Gasteiger partial charge in [0, 0.05) is 31.0 Å². The van der Waals surface area contributed by atoms with E-state index in [1.165, 1.54) is 18.6 Å². The molecule has 1 aliphatic heterocycles. The Morgan fingerprint density at radius 2 is 1.97 bits per heavy atom. The average Bonchev–Trinajstić information content (AvgIpc) is 3.14. The van der Waals surface area contributed by atoms with E-state index in [0.717, 1.165) is 45.0 Å². The van der Waals surface area contributed by atoms with E-state index >= 15 is 0 Å². The highest BCUT2D eigenvalue weighted by Crippen LogP contribution is 2.46.